The average Bonchev–Trinajstić information content (AvgIpc) is 2.78. The second kappa shape index (κ2) is 11.0. The minimum absolute atomic E-state index is 0.0714. The highest BCUT2D eigenvalue weighted by molar-refractivity contribution is 6.32. The first-order valence-corrected chi connectivity index (χ1v) is 10.5. The lowest BCUT2D eigenvalue weighted by Gasteiger charge is -2.10. The van der Waals surface area contributed by atoms with Crippen LogP contribution in [0.2, 0.25) is 5.02 Å². The van der Waals surface area contributed by atoms with Gasteiger partial charge in [0.05, 0.1) is 5.02 Å². The summed E-state index contributed by atoms with van der Waals surface area (Å²) in [6.07, 6.45) is 1.43. The van der Waals surface area contributed by atoms with Gasteiger partial charge in [0.2, 0.25) is 0 Å². The van der Waals surface area contributed by atoms with Crippen molar-refractivity contribution in [2.24, 2.45) is 0 Å². The number of nitrogens with one attached hydrogen (secondary N) is 2. The van der Waals surface area contributed by atoms with Crippen LogP contribution in [0.4, 0.5) is 11.4 Å². The molecule has 0 aliphatic rings. The molecule has 33 heavy (non-hydrogen) atoms. The Bertz CT molecular complexity index is 1240. The van der Waals surface area contributed by atoms with Gasteiger partial charge < -0.3 is 15.4 Å². The molecule has 7 heteroatoms. The normalized spacial score (nSPS) is 10.8. The first-order chi connectivity index (χ1) is 15.8. The Hall–Kier alpha value is -4.08. The summed E-state index contributed by atoms with van der Waals surface area (Å²) in [6, 6.07) is 21.4. The van der Waals surface area contributed by atoms with Gasteiger partial charge in [0, 0.05) is 11.4 Å². The highest BCUT2D eigenvalue weighted by Gasteiger charge is 2.11. The van der Waals surface area contributed by atoms with Gasteiger partial charge >= 0.3 is 0 Å². The molecule has 3 rings (SSSR count). The van der Waals surface area contributed by atoms with Gasteiger partial charge in [-0.15, -0.1) is 0 Å². The third kappa shape index (κ3) is 6.96. The highest BCUT2D eigenvalue weighted by Crippen LogP contribution is 2.26. The van der Waals surface area contributed by atoms with Gasteiger partial charge in [0.25, 0.3) is 11.8 Å². The summed E-state index contributed by atoms with van der Waals surface area (Å²) in [5.74, 6) is -0.526. The van der Waals surface area contributed by atoms with E-state index in [1.54, 1.807) is 36.4 Å². The number of aryl methyl sites for hydroxylation is 2. The molecule has 2 N–H and O–H groups in total. The van der Waals surface area contributed by atoms with Gasteiger partial charge in [-0.2, -0.15) is 5.26 Å². The Morgan fingerprint density at radius 1 is 0.970 bits per heavy atom. The monoisotopic (exact) mass is 459 g/mol. The van der Waals surface area contributed by atoms with E-state index in [0.717, 1.165) is 11.1 Å². The van der Waals surface area contributed by atoms with Crippen molar-refractivity contribution in [2.45, 2.75) is 13.8 Å². The minimum Gasteiger partial charge on any atom is -0.482 e. The molecule has 0 fully saturated rings. The molecule has 0 radical (unpaired) electrons. The summed E-state index contributed by atoms with van der Waals surface area (Å²) in [5.41, 5.74) is 3.85. The SMILES string of the molecule is Cc1ccc(NC(=O)/C(C#N)=C/c2ccc(OCC(=O)Nc3cccc(C)c3)c(Cl)c2)cc1. The Morgan fingerprint density at radius 3 is 2.39 bits per heavy atom. The summed E-state index contributed by atoms with van der Waals surface area (Å²) in [5, 5.41) is 15.1. The third-order valence-electron chi connectivity index (χ3n) is 4.60. The number of halogens is 1. The summed E-state index contributed by atoms with van der Waals surface area (Å²) in [7, 11) is 0. The van der Waals surface area contributed by atoms with Crippen LogP contribution in [-0.2, 0) is 9.59 Å². The average molecular weight is 460 g/mol. The van der Waals surface area contributed by atoms with Crippen molar-refractivity contribution in [1.82, 2.24) is 0 Å². The molecule has 0 aromatic heterocycles. The van der Waals surface area contributed by atoms with Crippen molar-refractivity contribution in [1.29, 1.82) is 5.26 Å². The van der Waals surface area contributed by atoms with Crippen molar-refractivity contribution in [2.75, 3.05) is 17.2 Å². The lowest BCUT2D eigenvalue weighted by molar-refractivity contribution is -0.118. The van der Waals surface area contributed by atoms with E-state index < -0.39 is 5.91 Å². The maximum atomic E-state index is 12.4. The van der Waals surface area contributed by atoms with E-state index in [9.17, 15) is 14.9 Å². The predicted molar refractivity (Wildman–Crippen MR) is 130 cm³/mol. The fourth-order valence-electron chi connectivity index (χ4n) is 2.94. The van der Waals surface area contributed by atoms with E-state index in [2.05, 4.69) is 10.6 Å². The number of amides is 2. The zero-order valence-corrected chi connectivity index (χ0v) is 18.9. The van der Waals surface area contributed by atoms with E-state index in [0.29, 0.717) is 22.7 Å². The minimum atomic E-state index is -0.523. The number of nitrogens with zero attached hydrogens (tertiary/aromatic N) is 1. The van der Waals surface area contributed by atoms with E-state index in [-0.39, 0.29) is 23.1 Å². The largest absolute Gasteiger partial charge is 0.482 e. The molecule has 3 aromatic carbocycles. The summed E-state index contributed by atoms with van der Waals surface area (Å²) in [6.45, 7) is 3.66. The number of ether oxygens (including phenoxy) is 1. The molecule has 166 valence electrons. The van der Waals surface area contributed by atoms with Crippen LogP contribution in [0.15, 0.2) is 72.3 Å². The second-order valence-electron chi connectivity index (χ2n) is 7.39. The first-order valence-electron chi connectivity index (χ1n) is 10.1. The van der Waals surface area contributed by atoms with E-state index in [4.69, 9.17) is 16.3 Å². The summed E-state index contributed by atoms with van der Waals surface area (Å²) >= 11 is 6.28. The van der Waals surface area contributed by atoms with Crippen molar-refractivity contribution in [3.05, 3.63) is 94.0 Å². The molecule has 0 heterocycles. The molecule has 0 aliphatic heterocycles. The number of carbonyl (C=O) groups excluding carboxylic acids is 2. The zero-order chi connectivity index (χ0) is 23.8. The predicted octanol–water partition coefficient (Wildman–Crippen LogP) is 5.52. The van der Waals surface area contributed by atoms with Crippen LogP contribution >= 0.6 is 11.6 Å². The Kier molecular flexibility index (Phi) is 7.85. The van der Waals surface area contributed by atoms with Crippen LogP contribution in [0.3, 0.4) is 0 Å². The molecule has 0 saturated carbocycles. The van der Waals surface area contributed by atoms with Crippen LogP contribution in [-0.4, -0.2) is 18.4 Å². The Balaban J connectivity index is 1.63. The molecular formula is C26H22ClN3O3. The number of nitriles is 1. The number of hydrogen-bond acceptors (Lipinski definition) is 4. The molecule has 2 amide bonds. The quantitative estimate of drug-likeness (QED) is 0.359. The van der Waals surface area contributed by atoms with Crippen molar-refractivity contribution in [3.63, 3.8) is 0 Å². The molecule has 6 nitrogen and oxygen atoms in total. The number of benzene rings is 3. The molecule has 0 bridgehead atoms. The highest BCUT2D eigenvalue weighted by atomic mass is 35.5. The smallest absolute Gasteiger partial charge is 0.266 e. The second-order valence-corrected chi connectivity index (χ2v) is 7.79. The van der Waals surface area contributed by atoms with Crippen molar-refractivity contribution in [3.8, 4) is 11.8 Å². The van der Waals surface area contributed by atoms with Gasteiger partial charge in [-0.05, 0) is 67.4 Å². The fourth-order valence-corrected chi connectivity index (χ4v) is 3.18. The Morgan fingerprint density at radius 2 is 1.73 bits per heavy atom. The van der Waals surface area contributed by atoms with E-state index in [1.807, 2.05) is 50.2 Å². The topological polar surface area (TPSA) is 91.2 Å². The standard InChI is InChI=1S/C26H22ClN3O3/c1-17-6-9-21(10-7-17)30-26(32)20(15-28)13-19-8-11-24(23(27)14-19)33-16-25(31)29-22-5-3-4-18(2)12-22/h3-14H,16H2,1-2H3,(H,29,31)(H,30,32)/b20-13+. The maximum Gasteiger partial charge on any atom is 0.266 e. The lowest BCUT2D eigenvalue weighted by atomic mass is 10.1. The van der Waals surface area contributed by atoms with E-state index >= 15 is 0 Å². The van der Waals surface area contributed by atoms with Gasteiger partial charge in [-0.1, -0.05) is 47.5 Å². The molecule has 0 saturated heterocycles. The van der Waals surface area contributed by atoms with Gasteiger partial charge in [0.1, 0.15) is 17.4 Å². The Labute approximate surface area is 197 Å². The molecule has 3 aromatic rings. The molecule has 0 spiro atoms. The van der Waals surface area contributed by atoms with Crippen LogP contribution in [0.1, 0.15) is 16.7 Å². The van der Waals surface area contributed by atoms with Gasteiger partial charge in [-0.25, -0.2) is 0 Å². The first kappa shape index (κ1) is 23.6. The van der Waals surface area contributed by atoms with Crippen LogP contribution in [0.25, 0.3) is 6.08 Å². The number of carbonyl (C=O) groups is 2. The number of rotatable bonds is 7. The molecule has 0 atom stereocenters. The number of anilines is 2. The molecule has 0 unspecified atom stereocenters. The molecular weight excluding hydrogens is 438 g/mol. The lowest BCUT2D eigenvalue weighted by Crippen LogP contribution is -2.20. The third-order valence-corrected chi connectivity index (χ3v) is 4.90. The van der Waals surface area contributed by atoms with Gasteiger partial charge in [0.15, 0.2) is 6.61 Å². The fraction of sp³-hybridized carbons (Fsp3) is 0.115. The van der Waals surface area contributed by atoms with Crippen molar-refractivity contribution >= 4 is 40.9 Å². The van der Waals surface area contributed by atoms with E-state index in [1.165, 1.54) is 6.08 Å². The summed E-state index contributed by atoms with van der Waals surface area (Å²) in [4.78, 5) is 24.6. The van der Waals surface area contributed by atoms with Crippen LogP contribution in [0, 0.1) is 25.2 Å². The van der Waals surface area contributed by atoms with Gasteiger partial charge in [-0.3, -0.25) is 9.59 Å². The zero-order valence-electron chi connectivity index (χ0n) is 18.2. The van der Waals surface area contributed by atoms with Crippen molar-refractivity contribution < 1.29 is 14.3 Å². The van der Waals surface area contributed by atoms with Crippen LogP contribution < -0.4 is 15.4 Å². The summed E-state index contributed by atoms with van der Waals surface area (Å²) < 4.78 is 5.51. The van der Waals surface area contributed by atoms with Crippen LogP contribution in [0.5, 0.6) is 5.75 Å². The molecule has 0 aliphatic carbocycles. The number of hydrogen-bond donors (Lipinski definition) is 2. The maximum absolute atomic E-state index is 12.4.